The van der Waals surface area contributed by atoms with Crippen molar-refractivity contribution < 1.29 is 24.1 Å². The molecule has 3 aromatic rings. The van der Waals surface area contributed by atoms with Crippen LogP contribution < -0.4 is 9.47 Å². The molecule has 0 aliphatic carbocycles. The summed E-state index contributed by atoms with van der Waals surface area (Å²) in [5.74, 6) is 0.563. The molecule has 0 amide bonds. The van der Waals surface area contributed by atoms with E-state index in [1.54, 1.807) is 0 Å². The number of ether oxygens (including phenoxy) is 3. The minimum absolute atomic E-state index is 0.134. The van der Waals surface area contributed by atoms with Crippen molar-refractivity contribution in [1.82, 2.24) is 0 Å². The van der Waals surface area contributed by atoms with Crippen molar-refractivity contribution in [2.75, 3.05) is 7.11 Å². The van der Waals surface area contributed by atoms with Gasteiger partial charge in [0.2, 0.25) is 0 Å². The summed E-state index contributed by atoms with van der Waals surface area (Å²) >= 11 is 0. The number of rotatable bonds is 10. The SMILES string of the molecule is COC(Cc1ccc(OC(C)c2ccc(OCc3ccccc3)cc2)cc1)C(=O)O. The first-order valence-electron chi connectivity index (χ1n) is 9.83. The Morgan fingerprint density at radius 1 is 0.867 bits per heavy atom. The van der Waals surface area contributed by atoms with E-state index in [-0.39, 0.29) is 6.10 Å². The first-order valence-corrected chi connectivity index (χ1v) is 9.83. The Balaban J connectivity index is 1.53. The van der Waals surface area contributed by atoms with Gasteiger partial charge in [0.25, 0.3) is 0 Å². The van der Waals surface area contributed by atoms with Gasteiger partial charge in [-0.3, -0.25) is 0 Å². The van der Waals surface area contributed by atoms with Gasteiger partial charge in [0, 0.05) is 13.5 Å². The van der Waals surface area contributed by atoms with Crippen LogP contribution in [0, 0.1) is 0 Å². The van der Waals surface area contributed by atoms with E-state index in [2.05, 4.69) is 0 Å². The van der Waals surface area contributed by atoms with Crippen LogP contribution in [-0.2, 0) is 22.6 Å². The average Bonchev–Trinajstić information content (AvgIpc) is 2.78. The Hall–Kier alpha value is -3.31. The van der Waals surface area contributed by atoms with Crippen molar-refractivity contribution in [3.05, 3.63) is 95.6 Å². The van der Waals surface area contributed by atoms with Crippen LogP contribution in [-0.4, -0.2) is 24.3 Å². The third-order valence-electron chi connectivity index (χ3n) is 4.82. The van der Waals surface area contributed by atoms with E-state index in [9.17, 15) is 4.79 Å². The molecular weight excluding hydrogens is 380 g/mol. The second-order valence-corrected chi connectivity index (χ2v) is 7.01. The summed E-state index contributed by atoms with van der Waals surface area (Å²) in [5, 5.41) is 9.09. The molecule has 2 unspecified atom stereocenters. The minimum atomic E-state index is -0.970. The highest BCUT2D eigenvalue weighted by Crippen LogP contribution is 2.24. The summed E-state index contributed by atoms with van der Waals surface area (Å²) in [7, 11) is 1.40. The number of methoxy groups -OCH3 is 1. The third kappa shape index (κ3) is 6.09. The number of hydrogen-bond donors (Lipinski definition) is 1. The lowest BCUT2D eigenvalue weighted by Crippen LogP contribution is -2.24. The lowest BCUT2D eigenvalue weighted by Gasteiger charge is -2.16. The average molecular weight is 406 g/mol. The van der Waals surface area contributed by atoms with Gasteiger partial charge in [-0.15, -0.1) is 0 Å². The van der Waals surface area contributed by atoms with E-state index >= 15 is 0 Å². The predicted molar refractivity (Wildman–Crippen MR) is 115 cm³/mol. The van der Waals surface area contributed by atoms with Crippen LogP contribution in [0.15, 0.2) is 78.9 Å². The van der Waals surface area contributed by atoms with Crippen LogP contribution in [0.2, 0.25) is 0 Å². The number of benzene rings is 3. The van der Waals surface area contributed by atoms with Crippen molar-refractivity contribution in [2.45, 2.75) is 32.2 Å². The van der Waals surface area contributed by atoms with Crippen LogP contribution >= 0.6 is 0 Å². The molecular formula is C25H26O5. The van der Waals surface area contributed by atoms with E-state index in [4.69, 9.17) is 19.3 Å². The molecule has 0 aliphatic heterocycles. The van der Waals surface area contributed by atoms with E-state index in [1.807, 2.05) is 85.8 Å². The van der Waals surface area contributed by atoms with E-state index in [0.717, 1.165) is 28.2 Å². The monoisotopic (exact) mass is 406 g/mol. The molecule has 5 heteroatoms. The summed E-state index contributed by atoms with van der Waals surface area (Å²) in [4.78, 5) is 11.1. The first-order chi connectivity index (χ1) is 14.5. The molecule has 3 rings (SSSR count). The first kappa shape index (κ1) is 21.4. The molecule has 0 aromatic heterocycles. The lowest BCUT2D eigenvalue weighted by atomic mass is 10.1. The number of aliphatic carboxylic acids is 1. The smallest absolute Gasteiger partial charge is 0.333 e. The van der Waals surface area contributed by atoms with Crippen LogP contribution in [0.3, 0.4) is 0 Å². The van der Waals surface area contributed by atoms with Crippen LogP contribution in [0.25, 0.3) is 0 Å². The number of carboxylic acids is 1. The molecule has 0 spiro atoms. The molecule has 0 heterocycles. The number of carbonyl (C=O) groups is 1. The van der Waals surface area contributed by atoms with Crippen LogP contribution in [0.1, 0.15) is 29.7 Å². The molecule has 0 fully saturated rings. The minimum Gasteiger partial charge on any atom is -0.489 e. The van der Waals surface area contributed by atoms with Gasteiger partial charge in [0.05, 0.1) is 0 Å². The highest BCUT2D eigenvalue weighted by Gasteiger charge is 2.17. The third-order valence-corrected chi connectivity index (χ3v) is 4.82. The van der Waals surface area contributed by atoms with Gasteiger partial charge in [-0.25, -0.2) is 4.79 Å². The van der Waals surface area contributed by atoms with E-state index in [0.29, 0.717) is 13.0 Å². The molecule has 30 heavy (non-hydrogen) atoms. The van der Waals surface area contributed by atoms with Gasteiger partial charge in [-0.05, 0) is 47.9 Å². The fourth-order valence-corrected chi connectivity index (χ4v) is 3.04. The molecule has 2 atom stereocenters. The normalized spacial score (nSPS) is 12.7. The van der Waals surface area contributed by atoms with Crippen molar-refractivity contribution in [3.63, 3.8) is 0 Å². The lowest BCUT2D eigenvalue weighted by molar-refractivity contribution is -0.148. The summed E-state index contributed by atoms with van der Waals surface area (Å²) in [6, 6.07) is 25.3. The quantitative estimate of drug-likeness (QED) is 0.511. The Morgan fingerprint density at radius 2 is 1.50 bits per heavy atom. The van der Waals surface area contributed by atoms with Crippen molar-refractivity contribution in [1.29, 1.82) is 0 Å². The number of carboxylic acid groups (broad SMARTS) is 1. The van der Waals surface area contributed by atoms with Gasteiger partial charge in [0.15, 0.2) is 6.10 Å². The Kier molecular flexibility index (Phi) is 7.46. The topological polar surface area (TPSA) is 65.0 Å². The van der Waals surface area contributed by atoms with Gasteiger partial charge >= 0.3 is 5.97 Å². The molecule has 156 valence electrons. The maximum absolute atomic E-state index is 11.1. The zero-order chi connectivity index (χ0) is 21.3. The largest absolute Gasteiger partial charge is 0.489 e. The predicted octanol–water partition coefficient (Wildman–Crippen LogP) is 5.05. The summed E-state index contributed by atoms with van der Waals surface area (Å²) in [6.07, 6.45) is -0.672. The van der Waals surface area contributed by atoms with Crippen molar-refractivity contribution in [2.24, 2.45) is 0 Å². The molecule has 3 aromatic carbocycles. The fraction of sp³-hybridized carbons (Fsp3) is 0.240. The Bertz CT molecular complexity index is 920. The Morgan fingerprint density at radius 3 is 2.10 bits per heavy atom. The van der Waals surface area contributed by atoms with Gasteiger partial charge < -0.3 is 19.3 Å². The molecule has 0 saturated heterocycles. The van der Waals surface area contributed by atoms with Crippen LogP contribution in [0.4, 0.5) is 0 Å². The molecule has 0 aliphatic rings. The molecule has 5 nitrogen and oxygen atoms in total. The van der Waals surface area contributed by atoms with Crippen molar-refractivity contribution >= 4 is 5.97 Å². The summed E-state index contributed by atoms with van der Waals surface area (Å²) in [5.41, 5.74) is 3.04. The summed E-state index contributed by atoms with van der Waals surface area (Å²) < 4.78 is 16.8. The highest BCUT2D eigenvalue weighted by atomic mass is 16.5. The van der Waals surface area contributed by atoms with E-state index < -0.39 is 12.1 Å². The summed E-state index contributed by atoms with van der Waals surface area (Å²) in [6.45, 7) is 2.52. The maximum atomic E-state index is 11.1. The zero-order valence-electron chi connectivity index (χ0n) is 17.2. The van der Waals surface area contributed by atoms with Crippen molar-refractivity contribution in [3.8, 4) is 11.5 Å². The molecule has 0 saturated carbocycles. The highest BCUT2D eigenvalue weighted by molar-refractivity contribution is 5.72. The zero-order valence-corrected chi connectivity index (χ0v) is 17.2. The van der Waals surface area contributed by atoms with Gasteiger partial charge in [-0.1, -0.05) is 54.6 Å². The van der Waals surface area contributed by atoms with Gasteiger partial charge in [0.1, 0.15) is 24.2 Å². The molecule has 0 bridgehead atoms. The van der Waals surface area contributed by atoms with E-state index in [1.165, 1.54) is 7.11 Å². The second-order valence-electron chi connectivity index (χ2n) is 7.01. The fourth-order valence-electron chi connectivity index (χ4n) is 3.04. The molecule has 1 N–H and O–H groups in total. The molecule has 0 radical (unpaired) electrons. The van der Waals surface area contributed by atoms with Crippen LogP contribution in [0.5, 0.6) is 11.5 Å². The standard InChI is InChI=1S/C25H26O5/c1-18(30-23-12-8-19(9-13-23)16-24(28-2)25(26)27)21-10-14-22(15-11-21)29-17-20-6-4-3-5-7-20/h3-15,18,24H,16-17H2,1-2H3,(H,26,27). The second kappa shape index (κ2) is 10.5. The number of hydrogen-bond acceptors (Lipinski definition) is 4. The van der Waals surface area contributed by atoms with Gasteiger partial charge in [-0.2, -0.15) is 0 Å². The Labute approximate surface area is 176 Å². The maximum Gasteiger partial charge on any atom is 0.333 e.